The quantitative estimate of drug-likeness (QED) is 0.460. The highest BCUT2D eigenvalue weighted by Gasteiger charge is 2.43. The summed E-state index contributed by atoms with van der Waals surface area (Å²) in [4.78, 5) is 21.5. The highest BCUT2D eigenvalue weighted by molar-refractivity contribution is 7.92. The zero-order chi connectivity index (χ0) is 24.0. The lowest BCUT2D eigenvalue weighted by Crippen LogP contribution is -2.44. The molecule has 11 nitrogen and oxygen atoms in total. The number of nitrogen functional groups attached to an aromatic ring is 1. The summed E-state index contributed by atoms with van der Waals surface area (Å²) in [7, 11) is -3.38. The number of carbonyl (C=O) groups excluding carboxylic acids is 1. The van der Waals surface area contributed by atoms with Crippen LogP contribution < -0.4 is 16.4 Å². The van der Waals surface area contributed by atoms with E-state index < -0.39 is 15.1 Å². The Morgan fingerprint density at radius 2 is 2.00 bits per heavy atom. The van der Waals surface area contributed by atoms with Crippen LogP contribution in [0.2, 0.25) is 0 Å². The van der Waals surface area contributed by atoms with Gasteiger partial charge in [0.2, 0.25) is 5.91 Å². The van der Waals surface area contributed by atoms with Gasteiger partial charge in [-0.15, -0.1) is 5.10 Å². The number of nitrogens with one attached hydrogen (secondary N) is 2. The molecule has 0 radical (unpaired) electrons. The fraction of sp³-hybridized carbons (Fsp3) is 0.409. The summed E-state index contributed by atoms with van der Waals surface area (Å²) in [6.07, 6.45) is 4.62. The van der Waals surface area contributed by atoms with Crippen LogP contribution in [0.3, 0.4) is 0 Å². The minimum atomic E-state index is -3.38. The van der Waals surface area contributed by atoms with E-state index in [0.717, 1.165) is 19.3 Å². The predicted octanol–water partition coefficient (Wildman–Crippen LogP) is 3.51. The molecule has 12 heteroatoms. The molecule has 1 aliphatic carbocycles. The van der Waals surface area contributed by atoms with Gasteiger partial charge < -0.3 is 15.5 Å². The summed E-state index contributed by atoms with van der Waals surface area (Å²) in [5.74, 6) is 0.222. The smallest absolute Gasteiger partial charge is 0.322 e. The molecule has 4 N–H and O–H groups in total. The molecule has 0 spiro atoms. The summed E-state index contributed by atoms with van der Waals surface area (Å²) in [5.41, 5.74) is 7.25. The molecule has 2 bridgehead atoms. The van der Waals surface area contributed by atoms with Gasteiger partial charge in [0, 0.05) is 20.2 Å². The van der Waals surface area contributed by atoms with Crippen molar-refractivity contribution in [3.8, 4) is 22.8 Å². The molecule has 3 atom stereocenters. The number of hydrogen-bond donors (Lipinski definition) is 3. The summed E-state index contributed by atoms with van der Waals surface area (Å²) in [5, 5.41) is 13.3. The molecule has 1 saturated carbocycles. The van der Waals surface area contributed by atoms with Crippen LogP contribution in [0.5, 0.6) is 0 Å². The van der Waals surface area contributed by atoms with Gasteiger partial charge >= 0.3 is 6.01 Å². The zero-order valence-electron chi connectivity index (χ0n) is 18.7. The summed E-state index contributed by atoms with van der Waals surface area (Å²) >= 11 is 0. The first kappa shape index (κ1) is 22.4. The Morgan fingerprint density at radius 3 is 2.65 bits per heavy atom. The topological polar surface area (TPSA) is 166 Å². The first-order chi connectivity index (χ1) is 16.2. The zero-order valence-corrected chi connectivity index (χ0v) is 19.5. The number of amides is 1. The first-order valence-electron chi connectivity index (χ1n) is 11.1. The minimum Gasteiger partial charge on any atom is -0.401 e. The molecule has 2 aromatic heterocycles. The number of hydrogen-bond acceptors (Lipinski definition) is 10. The third-order valence-corrected chi connectivity index (χ3v) is 8.57. The largest absolute Gasteiger partial charge is 0.401 e. The average Bonchev–Trinajstić information content (AvgIpc) is 3.57. The van der Waals surface area contributed by atoms with E-state index in [1.54, 1.807) is 26.0 Å². The van der Waals surface area contributed by atoms with Gasteiger partial charge in [0.25, 0.3) is 5.89 Å². The lowest BCUT2D eigenvalue weighted by Gasteiger charge is -2.21. The molecule has 1 unspecified atom stereocenters. The van der Waals surface area contributed by atoms with Gasteiger partial charge in [-0.3, -0.25) is 10.1 Å². The van der Waals surface area contributed by atoms with Crippen molar-refractivity contribution in [1.82, 2.24) is 25.5 Å². The van der Waals surface area contributed by atoms with E-state index in [-0.39, 0.29) is 48.8 Å². The normalized spacial score (nSPS) is 21.8. The highest BCUT2D eigenvalue weighted by atomic mass is 32.2. The maximum Gasteiger partial charge on any atom is 0.322 e. The number of nitrogens with zero attached hydrogens (tertiary/aromatic N) is 4. The third-order valence-electron chi connectivity index (χ3n) is 6.40. The number of piperidine rings is 1. The minimum absolute atomic E-state index is 0. The Labute approximate surface area is 205 Å². The molecule has 1 saturated heterocycles. The molecule has 5 rings (SSSR count). The standard InChI is InChI=1S/C22H25N7O4S.6H2/c1-11(2)34(31,32)15-7-4-12(5-8-15)16-10-24-19(23)18(26-16)21-28-29-22(33-21)27-20(30)17-13-3-6-14(9-13)25-17;;;;;;/h4-5,7-8,10-11,13-14,17,25H,3,6,9H2,1-2H3,(H2,23,24)(H,27,29,30);6*1H/t13?,14-,17-;;;;;;/m0....../s1. The van der Waals surface area contributed by atoms with Gasteiger partial charge in [0.05, 0.1) is 28.1 Å². The second-order valence-electron chi connectivity index (χ2n) is 8.92. The van der Waals surface area contributed by atoms with E-state index in [1.807, 2.05) is 0 Å². The van der Waals surface area contributed by atoms with Crippen molar-refractivity contribution in [1.29, 1.82) is 0 Å². The first-order valence-corrected chi connectivity index (χ1v) is 12.6. The molecular weight excluding hydrogens is 458 g/mol. The number of nitrogens with two attached hydrogens (primary N) is 1. The van der Waals surface area contributed by atoms with Crippen LogP contribution in [-0.2, 0) is 14.6 Å². The van der Waals surface area contributed by atoms with E-state index >= 15 is 0 Å². The average molecular weight is 496 g/mol. The SMILES string of the molecule is CC(C)S(=O)(=O)c1ccc(-c2cnc(N)c(-c3nnc(NC(=O)[C@H]4N[C@H]5CCC4C5)o3)n2)cc1.[HH].[HH].[HH].[HH].[HH].[HH]. The molecule has 34 heavy (non-hydrogen) atoms. The maximum absolute atomic E-state index is 12.6. The van der Waals surface area contributed by atoms with Gasteiger partial charge in [-0.25, -0.2) is 18.4 Å². The Hall–Kier alpha value is -3.38. The second kappa shape index (κ2) is 8.44. The van der Waals surface area contributed by atoms with Crippen molar-refractivity contribution in [3.63, 3.8) is 0 Å². The maximum atomic E-state index is 12.6. The molecule has 1 aromatic carbocycles. The van der Waals surface area contributed by atoms with E-state index in [1.165, 1.54) is 18.3 Å². The van der Waals surface area contributed by atoms with Crippen LogP contribution in [0.25, 0.3) is 22.8 Å². The molecule has 1 aliphatic heterocycles. The molecule has 1 amide bonds. The van der Waals surface area contributed by atoms with Gasteiger partial charge in [-0.2, -0.15) is 0 Å². The van der Waals surface area contributed by atoms with Crippen molar-refractivity contribution >= 4 is 27.6 Å². The van der Waals surface area contributed by atoms with Crippen LogP contribution in [0.15, 0.2) is 39.8 Å². The summed E-state index contributed by atoms with van der Waals surface area (Å²) < 4.78 is 30.3. The molecule has 2 aliphatic rings. The Morgan fingerprint density at radius 1 is 1.24 bits per heavy atom. The summed E-state index contributed by atoms with van der Waals surface area (Å²) in [6.45, 7) is 3.27. The molecule has 2 fully saturated rings. The Bertz CT molecular complexity index is 1360. The number of aromatic nitrogens is 4. The van der Waals surface area contributed by atoms with Gasteiger partial charge in [-0.05, 0) is 51.2 Å². The Balaban J connectivity index is 0. The highest BCUT2D eigenvalue weighted by Crippen LogP contribution is 2.35. The molecule has 190 valence electrons. The van der Waals surface area contributed by atoms with Crippen LogP contribution in [-0.4, -0.2) is 51.8 Å². The van der Waals surface area contributed by atoms with Gasteiger partial charge in [0.15, 0.2) is 21.3 Å². The van der Waals surface area contributed by atoms with Crippen molar-refractivity contribution in [3.05, 3.63) is 30.5 Å². The van der Waals surface area contributed by atoms with E-state index in [2.05, 4.69) is 30.8 Å². The van der Waals surface area contributed by atoms with E-state index in [4.69, 9.17) is 10.2 Å². The van der Waals surface area contributed by atoms with E-state index in [9.17, 15) is 13.2 Å². The number of sulfone groups is 1. The number of fused-ring (bicyclic) bond motifs is 2. The molecular formula is C22H37N7O4S. The van der Waals surface area contributed by atoms with E-state index in [0.29, 0.717) is 23.2 Å². The number of rotatable bonds is 6. The van der Waals surface area contributed by atoms with Crippen LogP contribution >= 0.6 is 0 Å². The van der Waals surface area contributed by atoms with Gasteiger partial charge in [0.1, 0.15) is 0 Å². The lowest BCUT2D eigenvalue weighted by molar-refractivity contribution is -0.119. The number of anilines is 2. The fourth-order valence-electron chi connectivity index (χ4n) is 4.49. The number of carbonyl (C=O) groups is 1. The van der Waals surface area contributed by atoms with Crippen LogP contribution in [0.4, 0.5) is 11.8 Å². The fourth-order valence-corrected chi connectivity index (χ4v) is 5.55. The van der Waals surface area contributed by atoms with Crippen molar-refractivity contribution < 1.29 is 26.2 Å². The molecule has 3 heterocycles. The lowest BCUT2D eigenvalue weighted by atomic mass is 9.99. The van der Waals surface area contributed by atoms with Crippen molar-refractivity contribution in [2.75, 3.05) is 11.1 Å². The predicted molar refractivity (Wildman–Crippen MR) is 137 cm³/mol. The monoisotopic (exact) mass is 495 g/mol. The van der Waals surface area contributed by atoms with Crippen LogP contribution in [0, 0.1) is 5.92 Å². The summed E-state index contributed by atoms with van der Waals surface area (Å²) in [6, 6.07) is 6.47. The van der Waals surface area contributed by atoms with Crippen molar-refractivity contribution in [2.45, 2.75) is 55.3 Å². The Kier molecular flexibility index (Phi) is 5.56. The molecule has 3 aromatic rings. The van der Waals surface area contributed by atoms with Crippen molar-refractivity contribution in [2.24, 2.45) is 5.92 Å². The number of benzene rings is 1. The van der Waals surface area contributed by atoms with Gasteiger partial charge in [-0.1, -0.05) is 17.2 Å². The van der Waals surface area contributed by atoms with Crippen LogP contribution in [0.1, 0.15) is 41.7 Å². The second-order valence-corrected chi connectivity index (χ2v) is 11.4. The third kappa shape index (κ3) is 4.03.